The SMILES string of the molecule is CCNC(c1ncccc1Cl)C1CCCc2cccnc21. The fraction of sp³-hybridized carbons (Fsp3) is 0.412. The monoisotopic (exact) mass is 301 g/mol. The van der Waals surface area contributed by atoms with Gasteiger partial charge in [-0.2, -0.15) is 0 Å². The van der Waals surface area contributed by atoms with E-state index in [1.54, 1.807) is 0 Å². The normalized spacial score (nSPS) is 19.0. The molecule has 2 heterocycles. The fourth-order valence-electron chi connectivity index (χ4n) is 3.25. The smallest absolute Gasteiger partial charge is 0.0765 e. The molecule has 0 radical (unpaired) electrons. The summed E-state index contributed by atoms with van der Waals surface area (Å²) in [6.07, 6.45) is 7.13. The second-order valence-electron chi connectivity index (χ2n) is 5.45. The minimum atomic E-state index is 0.123. The fourth-order valence-corrected chi connectivity index (χ4v) is 3.49. The van der Waals surface area contributed by atoms with E-state index in [4.69, 9.17) is 11.6 Å². The van der Waals surface area contributed by atoms with Gasteiger partial charge in [0.05, 0.1) is 16.8 Å². The van der Waals surface area contributed by atoms with Crippen molar-refractivity contribution in [2.45, 2.75) is 38.1 Å². The number of likely N-dealkylation sites (N-methyl/N-ethyl adjacent to an activating group) is 1. The van der Waals surface area contributed by atoms with Crippen molar-refractivity contribution in [2.24, 2.45) is 0 Å². The van der Waals surface area contributed by atoms with Crippen molar-refractivity contribution in [2.75, 3.05) is 6.54 Å². The van der Waals surface area contributed by atoms with Crippen molar-refractivity contribution in [1.82, 2.24) is 15.3 Å². The summed E-state index contributed by atoms with van der Waals surface area (Å²) in [7, 11) is 0. The number of fused-ring (bicyclic) bond motifs is 1. The van der Waals surface area contributed by atoms with Crippen molar-refractivity contribution in [3.05, 3.63) is 58.6 Å². The third-order valence-electron chi connectivity index (χ3n) is 4.15. The lowest BCUT2D eigenvalue weighted by Crippen LogP contribution is -2.30. The van der Waals surface area contributed by atoms with E-state index < -0.39 is 0 Å². The standard InChI is InChI=1S/C17H20ClN3/c1-2-19-16(17-14(18)9-5-11-21-17)13-8-3-6-12-7-4-10-20-15(12)13/h4-5,7,9-11,13,16,19H,2-3,6,8H2,1H3. The Morgan fingerprint density at radius 1 is 1.29 bits per heavy atom. The van der Waals surface area contributed by atoms with E-state index in [-0.39, 0.29) is 6.04 Å². The van der Waals surface area contributed by atoms with Gasteiger partial charge in [-0.05, 0) is 49.6 Å². The van der Waals surface area contributed by atoms with E-state index in [2.05, 4.69) is 28.3 Å². The van der Waals surface area contributed by atoms with Gasteiger partial charge in [0.15, 0.2) is 0 Å². The van der Waals surface area contributed by atoms with Crippen LogP contribution < -0.4 is 5.32 Å². The van der Waals surface area contributed by atoms with Gasteiger partial charge in [0.2, 0.25) is 0 Å². The zero-order valence-corrected chi connectivity index (χ0v) is 13.0. The van der Waals surface area contributed by atoms with Gasteiger partial charge in [-0.3, -0.25) is 9.97 Å². The van der Waals surface area contributed by atoms with Crippen LogP contribution in [-0.2, 0) is 6.42 Å². The van der Waals surface area contributed by atoms with Crippen LogP contribution in [0.2, 0.25) is 5.02 Å². The Labute approximate surface area is 130 Å². The number of hydrogen-bond donors (Lipinski definition) is 1. The first-order valence-corrected chi connectivity index (χ1v) is 7.96. The Hall–Kier alpha value is -1.45. The van der Waals surface area contributed by atoms with Crippen LogP contribution in [0.15, 0.2) is 36.7 Å². The van der Waals surface area contributed by atoms with Gasteiger partial charge in [-0.25, -0.2) is 0 Å². The molecule has 1 N–H and O–H groups in total. The van der Waals surface area contributed by atoms with Gasteiger partial charge in [0.25, 0.3) is 0 Å². The number of hydrogen-bond acceptors (Lipinski definition) is 3. The molecule has 0 aromatic carbocycles. The zero-order chi connectivity index (χ0) is 14.7. The van der Waals surface area contributed by atoms with Gasteiger partial charge >= 0.3 is 0 Å². The Bertz CT molecular complexity index is 614. The summed E-state index contributed by atoms with van der Waals surface area (Å²) in [6.45, 7) is 3.00. The molecule has 0 bridgehead atoms. The summed E-state index contributed by atoms with van der Waals surface area (Å²) in [5, 5.41) is 4.29. The van der Waals surface area contributed by atoms with Crippen LogP contribution >= 0.6 is 11.6 Å². The quantitative estimate of drug-likeness (QED) is 0.930. The Balaban J connectivity index is 2.01. The predicted molar refractivity (Wildman–Crippen MR) is 85.6 cm³/mol. The molecule has 2 aromatic heterocycles. The molecular weight excluding hydrogens is 282 g/mol. The van der Waals surface area contributed by atoms with Gasteiger partial charge in [-0.15, -0.1) is 0 Å². The minimum absolute atomic E-state index is 0.123. The minimum Gasteiger partial charge on any atom is -0.308 e. The van der Waals surface area contributed by atoms with Crippen molar-refractivity contribution in [1.29, 1.82) is 0 Å². The maximum Gasteiger partial charge on any atom is 0.0765 e. The van der Waals surface area contributed by atoms with Gasteiger partial charge in [0.1, 0.15) is 0 Å². The summed E-state index contributed by atoms with van der Waals surface area (Å²) in [5.41, 5.74) is 3.50. The highest BCUT2D eigenvalue weighted by Gasteiger charge is 2.31. The molecule has 1 aliphatic carbocycles. The van der Waals surface area contributed by atoms with Crippen LogP contribution in [0.3, 0.4) is 0 Å². The molecule has 1 aliphatic rings. The van der Waals surface area contributed by atoms with Gasteiger partial charge in [-0.1, -0.05) is 24.6 Å². The second-order valence-corrected chi connectivity index (χ2v) is 5.86. The molecule has 4 heteroatoms. The number of aromatic nitrogens is 2. The Kier molecular flexibility index (Phi) is 4.51. The molecule has 0 amide bonds. The highest BCUT2D eigenvalue weighted by atomic mass is 35.5. The molecule has 21 heavy (non-hydrogen) atoms. The van der Waals surface area contributed by atoms with E-state index in [0.717, 1.165) is 30.1 Å². The molecule has 0 saturated heterocycles. The van der Waals surface area contributed by atoms with Crippen molar-refractivity contribution in [3.8, 4) is 0 Å². The van der Waals surface area contributed by atoms with Crippen LogP contribution in [0.1, 0.15) is 48.7 Å². The Morgan fingerprint density at radius 2 is 2.10 bits per heavy atom. The van der Waals surface area contributed by atoms with Crippen molar-refractivity contribution >= 4 is 11.6 Å². The van der Waals surface area contributed by atoms with Crippen LogP contribution in [0.25, 0.3) is 0 Å². The number of aryl methyl sites for hydroxylation is 1. The molecule has 3 rings (SSSR count). The van der Waals surface area contributed by atoms with E-state index in [1.807, 2.05) is 30.6 Å². The third kappa shape index (κ3) is 2.94. The van der Waals surface area contributed by atoms with Gasteiger partial charge < -0.3 is 5.32 Å². The first-order chi connectivity index (χ1) is 10.3. The topological polar surface area (TPSA) is 37.8 Å². The average Bonchev–Trinajstić information content (AvgIpc) is 2.53. The molecule has 3 nitrogen and oxygen atoms in total. The van der Waals surface area contributed by atoms with E-state index >= 15 is 0 Å². The van der Waals surface area contributed by atoms with Gasteiger partial charge in [0, 0.05) is 24.0 Å². The number of halogens is 1. The summed E-state index contributed by atoms with van der Waals surface area (Å²) < 4.78 is 0. The maximum absolute atomic E-state index is 6.38. The summed E-state index contributed by atoms with van der Waals surface area (Å²) in [6, 6.07) is 8.13. The summed E-state index contributed by atoms with van der Waals surface area (Å²) in [5.74, 6) is 0.335. The van der Waals surface area contributed by atoms with E-state index in [1.165, 1.54) is 17.7 Å². The lowest BCUT2D eigenvalue weighted by atomic mass is 9.80. The highest BCUT2D eigenvalue weighted by Crippen LogP contribution is 2.40. The summed E-state index contributed by atoms with van der Waals surface area (Å²) in [4.78, 5) is 9.17. The molecule has 0 fully saturated rings. The molecule has 0 saturated carbocycles. The third-order valence-corrected chi connectivity index (χ3v) is 4.47. The molecule has 2 unspecified atom stereocenters. The highest BCUT2D eigenvalue weighted by molar-refractivity contribution is 6.31. The molecule has 110 valence electrons. The largest absolute Gasteiger partial charge is 0.308 e. The molecular formula is C17H20ClN3. The number of nitrogens with one attached hydrogen (secondary N) is 1. The number of pyridine rings is 2. The average molecular weight is 302 g/mol. The van der Waals surface area contributed by atoms with Crippen molar-refractivity contribution < 1.29 is 0 Å². The maximum atomic E-state index is 6.38. The number of rotatable bonds is 4. The van der Waals surface area contributed by atoms with E-state index in [9.17, 15) is 0 Å². The van der Waals surface area contributed by atoms with Crippen LogP contribution in [-0.4, -0.2) is 16.5 Å². The van der Waals surface area contributed by atoms with Crippen LogP contribution in [0, 0.1) is 0 Å². The second kappa shape index (κ2) is 6.54. The zero-order valence-electron chi connectivity index (χ0n) is 12.2. The molecule has 0 aliphatic heterocycles. The van der Waals surface area contributed by atoms with Crippen LogP contribution in [0.5, 0.6) is 0 Å². The molecule has 2 aromatic rings. The molecule has 2 atom stereocenters. The van der Waals surface area contributed by atoms with E-state index in [0.29, 0.717) is 5.92 Å². The summed E-state index contributed by atoms with van der Waals surface area (Å²) >= 11 is 6.38. The van der Waals surface area contributed by atoms with Crippen LogP contribution in [0.4, 0.5) is 0 Å². The predicted octanol–water partition coefficient (Wildman–Crippen LogP) is 3.90. The molecule has 0 spiro atoms. The lowest BCUT2D eigenvalue weighted by molar-refractivity contribution is 0.394. The lowest BCUT2D eigenvalue weighted by Gasteiger charge is -2.32. The Morgan fingerprint density at radius 3 is 2.90 bits per heavy atom. The first kappa shape index (κ1) is 14.5. The first-order valence-electron chi connectivity index (χ1n) is 7.59. The van der Waals surface area contributed by atoms with Crippen molar-refractivity contribution in [3.63, 3.8) is 0 Å². The number of nitrogens with zero attached hydrogens (tertiary/aromatic N) is 2.